The molecule has 2 rings (SSSR count). The standard InChI is InChI=1S/C15H19N3O5S2/c1-18(2)25(22,23)13-6-5-12(19)14-10(13)4-3-9(17-14)7-24-8-11(16)15(20)21/h3-6,11,19H,7-8,16H2,1-2H3,(H,20,21)/t11-/m0/s1. The van der Waals surface area contributed by atoms with Crippen molar-refractivity contribution in [3.63, 3.8) is 0 Å². The van der Waals surface area contributed by atoms with Crippen LogP contribution >= 0.6 is 11.8 Å². The van der Waals surface area contributed by atoms with Crippen LogP contribution in [0.5, 0.6) is 5.75 Å². The number of aromatic hydroxyl groups is 1. The van der Waals surface area contributed by atoms with E-state index >= 15 is 0 Å². The quantitative estimate of drug-likeness (QED) is 0.638. The third-order valence-corrected chi connectivity index (χ3v) is 6.44. The van der Waals surface area contributed by atoms with E-state index in [1.807, 2.05) is 0 Å². The molecule has 1 aromatic heterocycles. The molecule has 0 radical (unpaired) electrons. The Labute approximate surface area is 149 Å². The number of phenolic OH excluding ortho intramolecular Hbond substituents is 1. The van der Waals surface area contributed by atoms with Gasteiger partial charge in [-0.1, -0.05) is 0 Å². The minimum absolute atomic E-state index is 0.0601. The molecule has 8 nitrogen and oxygen atoms in total. The summed E-state index contributed by atoms with van der Waals surface area (Å²) in [7, 11) is -0.818. The van der Waals surface area contributed by atoms with E-state index < -0.39 is 22.0 Å². The molecule has 0 fully saturated rings. The highest BCUT2D eigenvalue weighted by molar-refractivity contribution is 7.98. The maximum Gasteiger partial charge on any atom is 0.321 e. The second-order valence-electron chi connectivity index (χ2n) is 5.53. The number of carboxylic acids is 1. The highest BCUT2D eigenvalue weighted by atomic mass is 32.2. The fourth-order valence-corrected chi connectivity index (χ4v) is 4.04. The van der Waals surface area contributed by atoms with Gasteiger partial charge in [0, 0.05) is 31.0 Å². The minimum atomic E-state index is -3.68. The number of aromatic nitrogens is 1. The van der Waals surface area contributed by atoms with Crippen LogP contribution in [0.25, 0.3) is 10.9 Å². The molecule has 1 heterocycles. The van der Waals surface area contributed by atoms with E-state index in [-0.39, 0.29) is 21.9 Å². The highest BCUT2D eigenvalue weighted by Crippen LogP contribution is 2.30. The highest BCUT2D eigenvalue weighted by Gasteiger charge is 2.22. The number of sulfonamides is 1. The van der Waals surface area contributed by atoms with Crippen molar-refractivity contribution in [2.45, 2.75) is 16.7 Å². The first-order valence-corrected chi connectivity index (χ1v) is 9.84. The van der Waals surface area contributed by atoms with Crippen molar-refractivity contribution in [1.82, 2.24) is 9.29 Å². The van der Waals surface area contributed by atoms with Crippen LogP contribution in [-0.2, 0) is 20.6 Å². The van der Waals surface area contributed by atoms with Gasteiger partial charge in [0.1, 0.15) is 17.3 Å². The molecule has 1 atom stereocenters. The fourth-order valence-electron chi connectivity index (χ4n) is 2.08. The minimum Gasteiger partial charge on any atom is -0.506 e. The Morgan fingerprint density at radius 3 is 2.60 bits per heavy atom. The first-order chi connectivity index (χ1) is 11.6. The van der Waals surface area contributed by atoms with Gasteiger partial charge in [-0.15, -0.1) is 0 Å². The first kappa shape index (κ1) is 19.4. The zero-order chi connectivity index (χ0) is 18.8. The molecular weight excluding hydrogens is 366 g/mol. The molecule has 0 aliphatic heterocycles. The molecule has 25 heavy (non-hydrogen) atoms. The van der Waals surface area contributed by atoms with Crippen molar-refractivity contribution < 1.29 is 23.4 Å². The number of fused-ring (bicyclic) bond motifs is 1. The second-order valence-corrected chi connectivity index (χ2v) is 8.68. The first-order valence-electron chi connectivity index (χ1n) is 7.25. The lowest BCUT2D eigenvalue weighted by Gasteiger charge is -2.14. The maximum atomic E-state index is 12.4. The molecule has 0 saturated heterocycles. The van der Waals surface area contributed by atoms with Crippen LogP contribution in [0.1, 0.15) is 5.69 Å². The summed E-state index contributed by atoms with van der Waals surface area (Å²) in [5.74, 6) is -0.589. The molecule has 0 aliphatic rings. The molecule has 0 bridgehead atoms. The number of benzene rings is 1. The number of pyridine rings is 1. The average Bonchev–Trinajstić information content (AvgIpc) is 2.54. The number of thioether (sulfide) groups is 1. The number of hydrogen-bond acceptors (Lipinski definition) is 7. The van der Waals surface area contributed by atoms with Crippen LogP contribution < -0.4 is 5.73 Å². The van der Waals surface area contributed by atoms with Gasteiger partial charge in [-0.3, -0.25) is 4.79 Å². The van der Waals surface area contributed by atoms with Crippen LogP contribution in [0.3, 0.4) is 0 Å². The van der Waals surface area contributed by atoms with E-state index in [0.29, 0.717) is 16.8 Å². The molecule has 4 N–H and O–H groups in total. The van der Waals surface area contributed by atoms with E-state index in [4.69, 9.17) is 10.8 Å². The number of phenols is 1. The van der Waals surface area contributed by atoms with Gasteiger partial charge in [0.05, 0.1) is 10.6 Å². The summed E-state index contributed by atoms with van der Waals surface area (Å²) in [6, 6.07) is 4.91. The third kappa shape index (κ3) is 4.21. The molecule has 1 aromatic carbocycles. The van der Waals surface area contributed by atoms with E-state index in [1.165, 1.54) is 38.0 Å². The van der Waals surface area contributed by atoms with Crippen molar-refractivity contribution in [3.05, 3.63) is 30.0 Å². The molecule has 0 unspecified atom stereocenters. The topological polar surface area (TPSA) is 134 Å². The number of hydrogen-bond donors (Lipinski definition) is 3. The molecule has 0 spiro atoms. The predicted octanol–water partition coefficient (Wildman–Crippen LogP) is 0.836. The second kappa shape index (κ2) is 7.56. The van der Waals surface area contributed by atoms with Crippen LogP contribution in [-0.4, -0.2) is 59.8 Å². The lowest BCUT2D eigenvalue weighted by atomic mass is 10.2. The number of nitrogens with zero attached hydrogens (tertiary/aromatic N) is 2. The van der Waals surface area contributed by atoms with Crippen molar-refractivity contribution in [2.75, 3.05) is 19.8 Å². The molecule has 10 heteroatoms. The summed E-state index contributed by atoms with van der Waals surface area (Å²) in [4.78, 5) is 15.1. The SMILES string of the molecule is CN(C)S(=O)(=O)c1ccc(O)c2nc(CSC[C@H](N)C(=O)O)ccc12. The molecule has 0 saturated carbocycles. The van der Waals surface area contributed by atoms with Crippen LogP contribution in [0.4, 0.5) is 0 Å². The monoisotopic (exact) mass is 385 g/mol. The van der Waals surface area contributed by atoms with Gasteiger partial charge >= 0.3 is 5.97 Å². The summed E-state index contributed by atoms with van der Waals surface area (Å²) in [6.07, 6.45) is 0. The summed E-state index contributed by atoms with van der Waals surface area (Å²) < 4.78 is 25.9. The largest absolute Gasteiger partial charge is 0.506 e. The van der Waals surface area contributed by atoms with Crippen molar-refractivity contribution in [2.24, 2.45) is 5.73 Å². The predicted molar refractivity (Wildman–Crippen MR) is 96.1 cm³/mol. The van der Waals surface area contributed by atoms with Crippen LogP contribution in [0.2, 0.25) is 0 Å². The Morgan fingerprint density at radius 1 is 1.32 bits per heavy atom. The lowest BCUT2D eigenvalue weighted by molar-refractivity contribution is -0.137. The number of carboxylic acid groups (broad SMARTS) is 1. The molecular formula is C15H19N3O5S2. The fraction of sp³-hybridized carbons (Fsp3) is 0.333. The summed E-state index contributed by atoms with van der Waals surface area (Å²) in [5, 5.41) is 19.1. The van der Waals surface area contributed by atoms with Crippen molar-refractivity contribution >= 4 is 38.7 Å². The Hall–Kier alpha value is -1.88. The zero-order valence-electron chi connectivity index (χ0n) is 13.7. The van der Waals surface area contributed by atoms with Gasteiger partial charge < -0.3 is 15.9 Å². The molecule has 2 aromatic rings. The summed E-state index contributed by atoms with van der Waals surface area (Å²) >= 11 is 1.30. The van der Waals surface area contributed by atoms with E-state index in [1.54, 1.807) is 12.1 Å². The smallest absolute Gasteiger partial charge is 0.321 e. The van der Waals surface area contributed by atoms with Crippen LogP contribution in [0.15, 0.2) is 29.2 Å². The van der Waals surface area contributed by atoms with Crippen LogP contribution in [0, 0.1) is 0 Å². The molecule has 0 amide bonds. The van der Waals surface area contributed by atoms with Gasteiger partial charge in [0.25, 0.3) is 0 Å². The van der Waals surface area contributed by atoms with Crippen molar-refractivity contribution in [1.29, 1.82) is 0 Å². The number of rotatable bonds is 7. The van der Waals surface area contributed by atoms with E-state index in [2.05, 4.69) is 4.98 Å². The summed E-state index contributed by atoms with van der Waals surface area (Å²) in [5.41, 5.74) is 6.21. The number of aliphatic carboxylic acids is 1. The number of nitrogens with two attached hydrogens (primary N) is 1. The Kier molecular flexibility index (Phi) is 5.88. The lowest BCUT2D eigenvalue weighted by Crippen LogP contribution is -2.32. The summed E-state index contributed by atoms with van der Waals surface area (Å²) in [6.45, 7) is 0. The zero-order valence-corrected chi connectivity index (χ0v) is 15.3. The van der Waals surface area contributed by atoms with Crippen molar-refractivity contribution in [3.8, 4) is 5.75 Å². The normalized spacial score (nSPS) is 13.3. The van der Waals surface area contributed by atoms with Gasteiger partial charge in [-0.2, -0.15) is 11.8 Å². The maximum absolute atomic E-state index is 12.4. The Bertz CT molecular complexity index is 899. The van der Waals surface area contributed by atoms with E-state index in [0.717, 1.165) is 4.31 Å². The Balaban J connectivity index is 2.35. The number of carbonyl (C=O) groups is 1. The van der Waals surface area contributed by atoms with Gasteiger partial charge in [0.15, 0.2) is 0 Å². The Morgan fingerprint density at radius 2 is 2.00 bits per heavy atom. The van der Waals surface area contributed by atoms with Gasteiger partial charge in [-0.25, -0.2) is 17.7 Å². The molecule has 136 valence electrons. The molecule has 0 aliphatic carbocycles. The third-order valence-electron chi connectivity index (χ3n) is 3.48. The average molecular weight is 385 g/mol. The van der Waals surface area contributed by atoms with E-state index in [9.17, 15) is 18.3 Å². The van der Waals surface area contributed by atoms with Gasteiger partial charge in [-0.05, 0) is 24.3 Å². The van der Waals surface area contributed by atoms with Gasteiger partial charge in [0.2, 0.25) is 10.0 Å².